The standard InChI is InChI=1S/C15H15ClN2O2S.C5H11NO.C2H6/c16-13-8-10(9-1-2-9)11-7-12(21-14(11)17-13)15(19)18-3-5-20-6-4-18;1-5-4-7-3-2-6-5;1-2/h7-9H,1-6H2;5-6H,2-4H2,1H3;1-2H3. The predicted octanol–water partition coefficient (Wildman–Crippen LogP) is 4.32. The summed E-state index contributed by atoms with van der Waals surface area (Å²) in [5.41, 5.74) is 1.25. The Hall–Kier alpha value is -1.25. The quantitative estimate of drug-likeness (QED) is 0.686. The van der Waals surface area contributed by atoms with Crippen molar-refractivity contribution >= 4 is 39.1 Å². The molecule has 4 heterocycles. The fourth-order valence-electron chi connectivity index (χ4n) is 3.46. The van der Waals surface area contributed by atoms with E-state index in [1.54, 1.807) is 0 Å². The van der Waals surface area contributed by atoms with Crippen LogP contribution in [-0.2, 0) is 9.47 Å². The summed E-state index contributed by atoms with van der Waals surface area (Å²) in [5, 5.41) is 4.88. The lowest BCUT2D eigenvalue weighted by molar-refractivity contribution is 0.0306. The number of amides is 1. The Kier molecular flexibility index (Phi) is 8.89. The first kappa shape index (κ1) is 23.4. The highest BCUT2D eigenvalue weighted by atomic mass is 35.5. The van der Waals surface area contributed by atoms with E-state index in [1.807, 2.05) is 30.9 Å². The van der Waals surface area contributed by atoms with Gasteiger partial charge in [0.25, 0.3) is 5.91 Å². The second-order valence-electron chi connectivity index (χ2n) is 7.47. The molecule has 8 heteroatoms. The van der Waals surface area contributed by atoms with Gasteiger partial charge in [0.2, 0.25) is 0 Å². The maximum Gasteiger partial charge on any atom is 0.264 e. The third-order valence-electron chi connectivity index (χ3n) is 5.14. The van der Waals surface area contributed by atoms with Crippen molar-refractivity contribution in [2.24, 2.45) is 0 Å². The van der Waals surface area contributed by atoms with Crippen LogP contribution in [0.2, 0.25) is 5.15 Å². The van der Waals surface area contributed by atoms with Crippen LogP contribution in [0.15, 0.2) is 12.1 Å². The van der Waals surface area contributed by atoms with Crippen molar-refractivity contribution in [3.8, 4) is 0 Å². The summed E-state index contributed by atoms with van der Waals surface area (Å²) >= 11 is 7.56. The van der Waals surface area contributed by atoms with Gasteiger partial charge in [-0.15, -0.1) is 11.3 Å². The number of fused-ring (bicyclic) bond motifs is 1. The van der Waals surface area contributed by atoms with Crippen LogP contribution < -0.4 is 5.32 Å². The molecule has 166 valence electrons. The first-order valence-corrected chi connectivity index (χ1v) is 12.1. The summed E-state index contributed by atoms with van der Waals surface area (Å²) in [6.45, 7) is 11.5. The van der Waals surface area contributed by atoms with Crippen LogP contribution in [0.4, 0.5) is 0 Å². The minimum atomic E-state index is 0.0826. The molecule has 0 aromatic carbocycles. The molecule has 3 aliphatic rings. The van der Waals surface area contributed by atoms with Gasteiger partial charge < -0.3 is 19.7 Å². The van der Waals surface area contributed by atoms with Gasteiger partial charge in [-0.1, -0.05) is 25.4 Å². The summed E-state index contributed by atoms with van der Waals surface area (Å²) in [6, 6.07) is 4.51. The number of carbonyl (C=O) groups is 1. The van der Waals surface area contributed by atoms with Crippen molar-refractivity contribution in [2.45, 2.75) is 45.6 Å². The molecule has 1 aliphatic carbocycles. The molecule has 2 aromatic rings. The Morgan fingerprint density at radius 2 is 1.93 bits per heavy atom. The topological polar surface area (TPSA) is 63.7 Å². The van der Waals surface area contributed by atoms with E-state index in [1.165, 1.54) is 29.7 Å². The van der Waals surface area contributed by atoms with E-state index >= 15 is 0 Å². The first-order valence-electron chi connectivity index (χ1n) is 10.9. The molecule has 1 N–H and O–H groups in total. The van der Waals surface area contributed by atoms with Gasteiger partial charge in [0.1, 0.15) is 9.98 Å². The van der Waals surface area contributed by atoms with Crippen LogP contribution >= 0.6 is 22.9 Å². The molecule has 1 saturated carbocycles. The number of halogens is 1. The molecule has 2 aromatic heterocycles. The molecular weight excluding hydrogens is 422 g/mol. The SMILES string of the molecule is CC.CC1COCCN1.O=C(c1cc2c(C3CC3)cc(Cl)nc2s1)N1CCOCC1. The Morgan fingerprint density at radius 1 is 1.20 bits per heavy atom. The molecular formula is C22H32ClN3O3S. The number of pyridine rings is 1. The van der Waals surface area contributed by atoms with Crippen molar-refractivity contribution in [1.82, 2.24) is 15.2 Å². The second kappa shape index (κ2) is 11.4. The van der Waals surface area contributed by atoms with Crippen LogP contribution in [-0.4, -0.2) is 67.9 Å². The van der Waals surface area contributed by atoms with Gasteiger partial charge in [0, 0.05) is 31.1 Å². The monoisotopic (exact) mass is 453 g/mol. The smallest absolute Gasteiger partial charge is 0.264 e. The highest BCUT2D eigenvalue weighted by molar-refractivity contribution is 7.20. The molecule has 6 nitrogen and oxygen atoms in total. The lowest BCUT2D eigenvalue weighted by Gasteiger charge is -2.26. The fraction of sp³-hybridized carbons (Fsp3) is 0.636. The summed E-state index contributed by atoms with van der Waals surface area (Å²) in [4.78, 5) is 20.4. The van der Waals surface area contributed by atoms with Gasteiger partial charge in [-0.05, 0) is 43.4 Å². The number of rotatable bonds is 2. The number of aromatic nitrogens is 1. The lowest BCUT2D eigenvalue weighted by Crippen LogP contribution is -2.40. The number of ether oxygens (including phenoxy) is 2. The van der Waals surface area contributed by atoms with E-state index in [0.717, 1.165) is 34.9 Å². The van der Waals surface area contributed by atoms with Gasteiger partial charge >= 0.3 is 0 Å². The predicted molar refractivity (Wildman–Crippen MR) is 123 cm³/mol. The zero-order valence-corrected chi connectivity index (χ0v) is 19.7. The molecule has 30 heavy (non-hydrogen) atoms. The number of nitrogens with one attached hydrogen (secondary N) is 1. The summed E-state index contributed by atoms with van der Waals surface area (Å²) in [5.74, 6) is 0.674. The van der Waals surface area contributed by atoms with Gasteiger partial charge in [-0.25, -0.2) is 4.98 Å². The molecule has 1 amide bonds. The summed E-state index contributed by atoms with van der Waals surface area (Å²) < 4.78 is 10.4. The van der Waals surface area contributed by atoms with Crippen molar-refractivity contribution in [3.05, 3.63) is 27.7 Å². The van der Waals surface area contributed by atoms with E-state index in [0.29, 0.717) is 43.4 Å². The number of carbonyl (C=O) groups excluding carboxylic acids is 1. The normalized spacial score (nSPS) is 21.3. The average molecular weight is 454 g/mol. The van der Waals surface area contributed by atoms with Gasteiger partial charge in [0.05, 0.1) is 31.3 Å². The molecule has 2 saturated heterocycles. The maximum absolute atomic E-state index is 12.6. The number of morpholine rings is 2. The molecule has 5 rings (SSSR count). The number of hydrogen-bond acceptors (Lipinski definition) is 6. The Morgan fingerprint density at radius 3 is 2.50 bits per heavy atom. The highest BCUT2D eigenvalue weighted by Gasteiger charge is 2.28. The zero-order chi connectivity index (χ0) is 21.5. The molecule has 0 bridgehead atoms. The van der Waals surface area contributed by atoms with E-state index in [2.05, 4.69) is 17.2 Å². The third kappa shape index (κ3) is 6.14. The summed E-state index contributed by atoms with van der Waals surface area (Å²) in [7, 11) is 0. The molecule has 1 atom stereocenters. The Balaban J connectivity index is 0.000000241. The third-order valence-corrected chi connectivity index (χ3v) is 6.35. The maximum atomic E-state index is 12.6. The number of nitrogens with zero attached hydrogens (tertiary/aromatic N) is 2. The zero-order valence-electron chi connectivity index (χ0n) is 18.1. The molecule has 2 aliphatic heterocycles. The van der Waals surface area contributed by atoms with Gasteiger partial charge in [0.15, 0.2) is 0 Å². The van der Waals surface area contributed by atoms with Crippen molar-refractivity contribution in [2.75, 3.05) is 46.1 Å². The average Bonchev–Trinajstić information content (AvgIpc) is 3.54. The highest BCUT2D eigenvalue weighted by Crippen LogP contribution is 2.45. The Bertz CT molecular complexity index is 828. The van der Waals surface area contributed by atoms with Gasteiger partial charge in [-0.3, -0.25) is 4.79 Å². The van der Waals surface area contributed by atoms with E-state index in [4.69, 9.17) is 21.1 Å². The van der Waals surface area contributed by atoms with Crippen LogP contribution in [0.5, 0.6) is 0 Å². The van der Waals surface area contributed by atoms with Crippen LogP contribution in [0.3, 0.4) is 0 Å². The first-order chi connectivity index (χ1) is 14.6. The van der Waals surface area contributed by atoms with Gasteiger partial charge in [-0.2, -0.15) is 0 Å². The summed E-state index contributed by atoms with van der Waals surface area (Å²) in [6.07, 6.45) is 2.41. The molecule has 0 spiro atoms. The van der Waals surface area contributed by atoms with E-state index in [-0.39, 0.29) is 5.91 Å². The molecule has 3 fully saturated rings. The minimum absolute atomic E-state index is 0.0826. The van der Waals surface area contributed by atoms with Crippen LogP contribution in [0.25, 0.3) is 10.2 Å². The van der Waals surface area contributed by atoms with Crippen LogP contribution in [0, 0.1) is 0 Å². The van der Waals surface area contributed by atoms with Crippen molar-refractivity contribution in [1.29, 1.82) is 0 Å². The second-order valence-corrected chi connectivity index (χ2v) is 8.89. The molecule has 1 unspecified atom stereocenters. The van der Waals surface area contributed by atoms with E-state index in [9.17, 15) is 4.79 Å². The van der Waals surface area contributed by atoms with Crippen molar-refractivity contribution in [3.63, 3.8) is 0 Å². The minimum Gasteiger partial charge on any atom is -0.379 e. The molecule has 0 radical (unpaired) electrons. The largest absolute Gasteiger partial charge is 0.379 e. The number of thiophene rings is 1. The lowest BCUT2D eigenvalue weighted by atomic mass is 10.1. The van der Waals surface area contributed by atoms with E-state index < -0.39 is 0 Å². The Labute approximate surface area is 187 Å². The van der Waals surface area contributed by atoms with Crippen LogP contribution in [0.1, 0.15) is 54.8 Å². The number of hydrogen-bond donors (Lipinski definition) is 1. The fourth-order valence-corrected chi connectivity index (χ4v) is 4.75. The van der Waals surface area contributed by atoms with Crippen molar-refractivity contribution < 1.29 is 14.3 Å².